The Morgan fingerprint density at radius 2 is 1.15 bits per heavy atom. The quantitative estimate of drug-likeness (QED) is 0.716. The molecule has 20 heavy (non-hydrogen) atoms. The zero-order valence-electron chi connectivity index (χ0n) is 12.2. The molecule has 2 aromatic rings. The number of fused-ring (bicyclic) bond motifs is 7. The number of nitrogens with zero attached hydrogens (tertiary/aromatic N) is 2. The largest absolute Gasteiger partial charge is 0.365 e. The molecule has 0 aromatic heterocycles. The van der Waals surface area contributed by atoms with E-state index in [0.717, 1.165) is 26.2 Å². The molecule has 0 amide bonds. The normalized spacial score (nSPS) is 16.5. The Labute approximate surface area is 120 Å². The lowest BCUT2D eigenvalue weighted by Crippen LogP contribution is -2.26. The summed E-state index contributed by atoms with van der Waals surface area (Å²) in [6, 6.07) is 13.8. The highest BCUT2D eigenvalue weighted by Crippen LogP contribution is 2.35. The third-order valence-corrected chi connectivity index (χ3v) is 4.51. The average Bonchev–Trinajstić information content (AvgIpc) is 2.68. The van der Waals surface area contributed by atoms with Gasteiger partial charge in [0.25, 0.3) is 0 Å². The minimum Gasteiger partial charge on any atom is -0.365 e. The highest BCUT2D eigenvalue weighted by molar-refractivity contribution is 5.65. The molecule has 4 rings (SSSR count). The van der Waals surface area contributed by atoms with Crippen molar-refractivity contribution in [1.82, 2.24) is 0 Å². The lowest BCUT2D eigenvalue weighted by atomic mass is 10.0. The van der Waals surface area contributed by atoms with E-state index in [0.29, 0.717) is 0 Å². The Hall–Kier alpha value is -1.96. The van der Waals surface area contributed by atoms with Crippen LogP contribution in [0.5, 0.6) is 0 Å². The summed E-state index contributed by atoms with van der Waals surface area (Å²) >= 11 is 0. The van der Waals surface area contributed by atoms with Gasteiger partial charge in [-0.1, -0.05) is 35.4 Å². The van der Waals surface area contributed by atoms with Crippen LogP contribution < -0.4 is 9.80 Å². The van der Waals surface area contributed by atoms with E-state index in [2.05, 4.69) is 60.0 Å². The summed E-state index contributed by atoms with van der Waals surface area (Å²) in [7, 11) is 0. The van der Waals surface area contributed by atoms with E-state index >= 15 is 0 Å². The lowest BCUT2D eigenvalue weighted by Gasteiger charge is -2.28. The van der Waals surface area contributed by atoms with Gasteiger partial charge in [0.15, 0.2) is 0 Å². The second-order valence-corrected chi connectivity index (χ2v) is 6.11. The fraction of sp³-hybridized carbons (Fsp3) is 0.333. The van der Waals surface area contributed by atoms with Crippen molar-refractivity contribution < 1.29 is 0 Å². The molecule has 0 saturated heterocycles. The van der Waals surface area contributed by atoms with Crippen molar-refractivity contribution in [2.75, 3.05) is 22.9 Å². The smallest absolute Gasteiger partial charge is 0.0450 e. The van der Waals surface area contributed by atoms with Gasteiger partial charge in [0.05, 0.1) is 0 Å². The van der Waals surface area contributed by atoms with Gasteiger partial charge in [0, 0.05) is 37.6 Å². The fourth-order valence-electron chi connectivity index (χ4n) is 3.52. The Bertz CT molecular complexity index is 616. The van der Waals surface area contributed by atoms with Crippen molar-refractivity contribution in [1.29, 1.82) is 0 Å². The van der Waals surface area contributed by atoms with Crippen LogP contribution in [0.4, 0.5) is 11.4 Å². The number of aryl methyl sites for hydroxylation is 2. The molecule has 2 nitrogen and oxygen atoms in total. The average molecular weight is 264 g/mol. The van der Waals surface area contributed by atoms with Crippen molar-refractivity contribution >= 4 is 11.4 Å². The molecule has 2 heterocycles. The third kappa shape index (κ3) is 1.79. The van der Waals surface area contributed by atoms with Gasteiger partial charge in [0.1, 0.15) is 0 Å². The highest BCUT2D eigenvalue weighted by Gasteiger charge is 2.26. The summed E-state index contributed by atoms with van der Waals surface area (Å²) in [6.07, 6.45) is 0. The van der Waals surface area contributed by atoms with E-state index < -0.39 is 0 Å². The molecule has 0 aliphatic carbocycles. The standard InChI is InChI=1S/C18H20N2/c1-13-3-5-17-15(9-13)11-19-7-8-20(17)12-16-10-14(2)4-6-18(16)19/h3-6,9-10H,7-8,11-12H2,1-2H3. The maximum absolute atomic E-state index is 2.54. The minimum absolute atomic E-state index is 1.03. The van der Waals surface area contributed by atoms with Gasteiger partial charge in [-0.05, 0) is 37.1 Å². The topological polar surface area (TPSA) is 6.48 Å². The number of hydrogen-bond donors (Lipinski definition) is 0. The Kier molecular flexibility index (Phi) is 2.53. The van der Waals surface area contributed by atoms with Gasteiger partial charge in [-0.2, -0.15) is 0 Å². The van der Waals surface area contributed by atoms with Crippen molar-refractivity contribution in [3.63, 3.8) is 0 Å². The SMILES string of the molecule is Cc1ccc2c(c1)CN1CCN2Cc2cc(C)ccc21. The summed E-state index contributed by atoms with van der Waals surface area (Å²) in [5.41, 5.74) is 8.49. The first-order valence-corrected chi connectivity index (χ1v) is 7.40. The highest BCUT2D eigenvalue weighted by atomic mass is 15.2. The Morgan fingerprint density at radius 3 is 1.60 bits per heavy atom. The zero-order chi connectivity index (χ0) is 13.7. The Morgan fingerprint density at radius 1 is 0.700 bits per heavy atom. The molecule has 0 radical (unpaired) electrons. The van der Waals surface area contributed by atoms with Crippen LogP contribution in [0.15, 0.2) is 36.4 Å². The predicted molar refractivity (Wildman–Crippen MR) is 84.5 cm³/mol. The maximum atomic E-state index is 2.54. The predicted octanol–water partition coefficient (Wildman–Crippen LogP) is 3.64. The van der Waals surface area contributed by atoms with Gasteiger partial charge < -0.3 is 9.80 Å². The molecule has 0 fully saturated rings. The molecular weight excluding hydrogens is 244 g/mol. The fourth-order valence-corrected chi connectivity index (χ4v) is 3.52. The van der Waals surface area contributed by atoms with E-state index in [-0.39, 0.29) is 0 Å². The summed E-state index contributed by atoms with van der Waals surface area (Å²) < 4.78 is 0. The van der Waals surface area contributed by atoms with Gasteiger partial charge in [-0.15, -0.1) is 0 Å². The zero-order valence-corrected chi connectivity index (χ0v) is 12.2. The molecular formula is C18H20N2. The molecule has 2 aromatic carbocycles. The molecule has 0 unspecified atom stereocenters. The molecule has 0 N–H and O–H groups in total. The molecule has 2 aliphatic heterocycles. The van der Waals surface area contributed by atoms with Gasteiger partial charge in [0.2, 0.25) is 0 Å². The Balaban J connectivity index is 1.87. The van der Waals surface area contributed by atoms with Crippen LogP contribution in [0.25, 0.3) is 0 Å². The molecule has 0 spiro atoms. The first kappa shape index (κ1) is 11.8. The first-order chi connectivity index (χ1) is 9.70. The van der Waals surface area contributed by atoms with Crippen molar-refractivity contribution in [3.05, 3.63) is 58.7 Å². The minimum atomic E-state index is 1.03. The van der Waals surface area contributed by atoms with Gasteiger partial charge >= 0.3 is 0 Å². The van der Waals surface area contributed by atoms with Gasteiger partial charge in [-0.25, -0.2) is 0 Å². The van der Waals surface area contributed by atoms with E-state index in [9.17, 15) is 0 Å². The van der Waals surface area contributed by atoms with Crippen LogP contribution in [0, 0.1) is 13.8 Å². The van der Waals surface area contributed by atoms with Crippen molar-refractivity contribution in [2.24, 2.45) is 0 Å². The molecule has 102 valence electrons. The van der Waals surface area contributed by atoms with Crippen LogP contribution in [0.3, 0.4) is 0 Å². The van der Waals surface area contributed by atoms with Crippen molar-refractivity contribution in [2.45, 2.75) is 26.9 Å². The molecule has 0 saturated carbocycles. The number of benzene rings is 2. The summed E-state index contributed by atoms with van der Waals surface area (Å²) in [6.45, 7) is 8.66. The lowest BCUT2D eigenvalue weighted by molar-refractivity contribution is 0.793. The summed E-state index contributed by atoms with van der Waals surface area (Å²) in [5, 5.41) is 0. The second-order valence-electron chi connectivity index (χ2n) is 6.11. The molecule has 2 aliphatic rings. The second kappa shape index (κ2) is 4.27. The van der Waals surface area contributed by atoms with E-state index in [1.807, 2.05) is 0 Å². The van der Waals surface area contributed by atoms with Crippen LogP contribution >= 0.6 is 0 Å². The molecule has 2 bridgehead atoms. The number of hydrogen-bond acceptors (Lipinski definition) is 2. The number of rotatable bonds is 0. The van der Waals surface area contributed by atoms with Crippen LogP contribution in [0.2, 0.25) is 0 Å². The van der Waals surface area contributed by atoms with Crippen molar-refractivity contribution in [3.8, 4) is 0 Å². The van der Waals surface area contributed by atoms with Gasteiger partial charge in [-0.3, -0.25) is 0 Å². The van der Waals surface area contributed by atoms with E-state index in [1.165, 1.54) is 33.6 Å². The summed E-state index contributed by atoms with van der Waals surface area (Å²) in [4.78, 5) is 5.08. The van der Waals surface area contributed by atoms with E-state index in [4.69, 9.17) is 0 Å². The monoisotopic (exact) mass is 264 g/mol. The third-order valence-electron chi connectivity index (χ3n) is 4.51. The summed E-state index contributed by atoms with van der Waals surface area (Å²) in [5.74, 6) is 0. The molecule has 0 atom stereocenters. The van der Waals surface area contributed by atoms with E-state index in [1.54, 1.807) is 0 Å². The first-order valence-electron chi connectivity index (χ1n) is 7.40. The van der Waals surface area contributed by atoms with Crippen LogP contribution in [-0.4, -0.2) is 13.1 Å². The van der Waals surface area contributed by atoms with Crippen LogP contribution in [-0.2, 0) is 13.1 Å². The molecule has 2 heteroatoms. The maximum Gasteiger partial charge on any atom is 0.0450 e. The van der Waals surface area contributed by atoms with Crippen LogP contribution in [0.1, 0.15) is 22.3 Å². The number of anilines is 2.